The number of hydrogen-bond acceptors (Lipinski definition) is 0. The summed E-state index contributed by atoms with van der Waals surface area (Å²) in [7, 11) is 0. The molecular formula is C24H44. The fourth-order valence-corrected chi connectivity index (χ4v) is 7.85. The zero-order chi connectivity index (χ0) is 17.4. The van der Waals surface area contributed by atoms with Crippen molar-refractivity contribution in [1.82, 2.24) is 0 Å². The molecular weight excluding hydrogens is 288 g/mol. The highest BCUT2D eigenvalue weighted by atomic mass is 14.6. The van der Waals surface area contributed by atoms with Crippen LogP contribution in [0.25, 0.3) is 0 Å². The number of unbranched alkanes of at least 4 members (excludes halogenated alkanes) is 2. The van der Waals surface area contributed by atoms with E-state index in [-0.39, 0.29) is 0 Å². The fourth-order valence-electron chi connectivity index (χ4n) is 7.85. The van der Waals surface area contributed by atoms with E-state index in [0.29, 0.717) is 0 Å². The summed E-state index contributed by atoms with van der Waals surface area (Å²) in [5.74, 6) is 10.3. The third kappa shape index (κ3) is 3.33. The lowest BCUT2D eigenvalue weighted by molar-refractivity contribution is -0.0999. The van der Waals surface area contributed by atoms with Crippen molar-refractivity contribution >= 4 is 0 Å². The van der Waals surface area contributed by atoms with Crippen LogP contribution < -0.4 is 0 Å². The average Bonchev–Trinajstić information content (AvgIpc) is 2.92. The highest BCUT2D eigenvalue weighted by molar-refractivity contribution is 5.08. The molecule has 3 rings (SSSR count). The first-order valence-corrected chi connectivity index (χ1v) is 11.5. The molecule has 0 N–H and O–H groups in total. The molecule has 0 aromatic carbocycles. The van der Waals surface area contributed by atoms with Gasteiger partial charge in [0.25, 0.3) is 0 Å². The molecule has 0 heteroatoms. The van der Waals surface area contributed by atoms with Gasteiger partial charge in [0.2, 0.25) is 0 Å². The molecule has 3 fully saturated rings. The van der Waals surface area contributed by atoms with E-state index in [1.165, 1.54) is 32.1 Å². The quantitative estimate of drug-likeness (QED) is 0.405. The molecule has 0 radical (unpaired) electrons. The van der Waals surface area contributed by atoms with Gasteiger partial charge in [-0.1, -0.05) is 60.8 Å². The smallest absolute Gasteiger partial charge is 0.0319 e. The van der Waals surface area contributed by atoms with Gasteiger partial charge in [0.15, 0.2) is 0 Å². The maximum atomic E-state index is 2.60. The third-order valence-electron chi connectivity index (χ3n) is 8.89. The Kier molecular flexibility index (Phi) is 6.03. The van der Waals surface area contributed by atoms with E-state index in [1.807, 2.05) is 0 Å². The molecule has 0 aromatic heterocycles. The van der Waals surface area contributed by atoms with Crippen LogP contribution in [0.15, 0.2) is 0 Å². The van der Waals surface area contributed by atoms with Crippen LogP contribution in [0, 0.1) is 59.2 Å². The minimum Gasteiger partial charge on any atom is -0.0654 e. The maximum Gasteiger partial charge on any atom is -0.0319 e. The van der Waals surface area contributed by atoms with E-state index in [1.54, 1.807) is 19.3 Å². The Labute approximate surface area is 152 Å². The molecule has 3 saturated carbocycles. The predicted molar refractivity (Wildman–Crippen MR) is 106 cm³/mol. The fraction of sp³-hybridized carbons (Fsp3) is 1.00. The minimum atomic E-state index is 0.866. The van der Waals surface area contributed by atoms with Crippen LogP contribution in [0.2, 0.25) is 0 Å². The van der Waals surface area contributed by atoms with E-state index >= 15 is 0 Å². The second-order valence-corrected chi connectivity index (χ2v) is 10.5. The molecule has 140 valence electrons. The maximum absolute atomic E-state index is 2.60. The molecule has 9 atom stereocenters. The van der Waals surface area contributed by atoms with Gasteiger partial charge in [-0.3, -0.25) is 0 Å². The van der Waals surface area contributed by atoms with Gasteiger partial charge < -0.3 is 0 Å². The van der Waals surface area contributed by atoms with Crippen molar-refractivity contribution in [3.8, 4) is 0 Å². The lowest BCUT2D eigenvalue weighted by Gasteiger charge is -2.58. The molecule has 0 aromatic rings. The van der Waals surface area contributed by atoms with Gasteiger partial charge in [-0.25, -0.2) is 0 Å². The van der Waals surface area contributed by atoms with Gasteiger partial charge in [-0.15, -0.1) is 0 Å². The van der Waals surface area contributed by atoms with Crippen LogP contribution in [0.4, 0.5) is 0 Å². The van der Waals surface area contributed by atoms with Gasteiger partial charge in [-0.2, -0.15) is 0 Å². The molecule has 0 heterocycles. The van der Waals surface area contributed by atoms with Gasteiger partial charge >= 0.3 is 0 Å². The lowest BCUT2D eigenvalue weighted by Crippen LogP contribution is -2.52. The van der Waals surface area contributed by atoms with Crippen molar-refractivity contribution < 1.29 is 0 Å². The Morgan fingerprint density at radius 2 is 1.62 bits per heavy atom. The molecule has 0 spiro atoms. The molecule has 0 bridgehead atoms. The van der Waals surface area contributed by atoms with Crippen molar-refractivity contribution in [2.45, 2.75) is 92.9 Å². The van der Waals surface area contributed by atoms with E-state index in [4.69, 9.17) is 0 Å². The number of hydrogen-bond donors (Lipinski definition) is 0. The Hall–Kier alpha value is 0. The summed E-state index contributed by atoms with van der Waals surface area (Å²) in [6.45, 7) is 15.0. The monoisotopic (exact) mass is 332 g/mol. The zero-order valence-electron chi connectivity index (χ0n) is 17.4. The molecule has 0 amide bonds. The van der Waals surface area contributed by atoms with Crippen LogP contribution in [-0.4, -0.2) is 0 Å². The molecule has 24 heavy (non-hydrogen) atoms. The normalized spacial score (nSPS) is 43.4. The summed E-state index contributed by atoms with van der Waals surface area (Å²) in [5.41, 5.74) is 0. The van der Waals surface area contributed by atoms with Gasteiger partial charge in [0.05, 0.1) is 0 Å². The first kappa shape index (κ1) is 18.8. The number of rotatable bonds is 8. The van der Waals surface area contributed by atoms with Gasteiger partial charge in [0, 0.05) is 0 Å². The predicted octanol–water partition coefficient (Wildman–Crippen LogP) is 7.43. The van der Waals surface area contributed by atoms with E-state index in [0.717, 1.165) is 59.2 Å². The van der Waals surface area contributed by atoms with Crippen LogP contribution >= 0.6 is 0 Å². The van der Waals surface area contributed by atoms with E-state index in [9.17, 15) is 0 Å². The van der Waals surface area contributed by atoms with Crippen molar-refractivity contribution in [3.05, 3.63) is 0 Å². The highest BCUT2D eigenvalue weighted by Crippen LogP contribution is 2.66. The Morgan fingerprint density at radius 3 is 2.29 bits per heavy atom. The minimum absolute atomic E-state index is 0.866. The molecule has 0 aliphatic heterocycles. The molecule has 0 nitrogen and oxygen atoms in total. The van der Waals surface area contributed by atoms with E-state index in [2.05, 4.69) is 41.5 Å². The SMILES string of the molecule is CCCCCC(C(C)C)C(C)CC1CC(C)C2C(C)C3CCC1C32. The van der Waals surface area contributed by atoms with Crippen molar-refractivity contribution in [2.75, 3.05) is 0 Å². The molecule has 9 unspecified atom stereocenters. The second-order valence-electron chi connectivity index (χ2n) is 10.5. The van der Waals surface area contributed by atoms with Crippen LogP contribution in [0.5, 0.6) is 0 Å². The van der Waals surface area contributed by atoms with E-state index < -0.39 is 0 Å². The Morgan fingerprint density at radius 1 is 0.917 bits per heavy atom. The van der Waals surface area contributed by atoms with Crippen LogP contribution in [0.1, 0.15) is 92.9 Å². The zero-order valence-corrected chi connectivity index (χ0v) is 17.4. The standard InChI is InChI=1S/C24H44/c1-7-8-9-10-20(15(2)3)16(4)13-19-14-17(5)23-18(6)21-11-12-22(19)24(21)23/h15-24H,7-14H2,1-6H3. The Balaban J connectivity index is 1.60. The third-order valence-corrected chi connectivity index (χ3v) is 8.89. The molecule has 3 aliphatic rings. The summed E-state index contributed by atoms with van der Waals surface area (Å²) in [6, 6.07) is 0. The Bertz CT molecular complexity index is 397. The van der Waals surface area contributed by atoms with Gasteiger partial charge in [0.1, 0.15) is 0 Å². The van der Waals surface area contributed by atoms with Crippen LogP contribution in [-0.2, 0) is 0 Å². The summed E-state index contributed by atoms with van der Waals surface area (Å²) >= 11 is 0. The molecule has 3 aliphatic carbocycles. The van der Waals surface area contributed by atoms with Crippen molar-refractivity contribution in [1.29, 1.82) is 0 Å². The summed E-state index contributed by atoms with van der Waals surface area (Å²) < 4.78 is 0. The van der Waals surface area contributed by atoms with Crippen LogP contribution in [0.3, 0.4) is 0 Å². The second kappa shape index (κ2) is 7.71. The topological polar surface area (TPSA) is 0 Å². The largest absolute Gasteiger partial charge is 0.0654 e. The first-order valence-electron chi connectivity index (χ1n) is 11.5. The average molecular weight is 333 g/mol. The highest BCUT2D eigenvalue weighted by Gasteiger charge is 2.60. The van der Waals surface area contributed by atoms with Crippen molar-refractivity contribution in [2.24, 2.45) is 59.2 Å². The summed E-state index contributed by atoms with van der Waals surface area (Å²) in [5, 5.41) is 0. The van der Waals surface area contributed by atoms with Gasteiger partial charge in [-0.05, 0) is 91.3 Å². The summed E-state index contributed by atoms with van der Waals surface area (Å²) in [4.78, 5) is 0. The lowest BCUT2D eigenvalue weighted by atomic mass is 9.47. The summed E-state index contributed by atoms with van der Waals surface area (Å²) in [6.07, 6.45) is 12.0. The first-order chi connectivity index (χ1) is 11.5. The molecule has 0 saturated heterocycles. The van der Waals surface area contributed by atoms with Crippen molar-refractivity contribution in [3.63, 3.8) is 0 Å².